The molecule has 1 amide bonds. The summed E-state index contributed by atoms with van der Waals surface area (Å²) in [6.07, 6.45) is 0.752. The summed E-state index contributed by atoms with van der Waals surface area (Å²) in [4.78, 5) is 21.8. The number of nitro groups is 1. The minimum absolute atomic E-state index is 0.119. The van der Waals surface area contributed by atoms with Crippen LogP contribution in [-0.4, -0.2) is 16.9 Å². The van der Waals surface area contributed by atoms with Crippen molar-refractivity contribution >= 4 is 11.6 Å². The van der Waals surface area contributed by atoms with Crippen molar-refractivity contribution in [1.82, 2.24) is 5.32 Å². The van der Waals surface area contributed by atoms with E-state index in [2.05, 4.69) is 5.32 Å². The standard InChI is InChI=1S/C13H17FN2O3/c1-8(2)6-9(3)15-13(17)11-7-10(16(18)19)4-5-12(11)14/h4-5,7-9H,6H2,1-3H3,(H,15,17). The summed E-state index contributed by atoms with van der Waals surface area (Å²) >= 11 is 0. The van der Waals surface area contributed by atoms with E-state index in [1.807, 2.05) is 20.8 Å². The van der Waals surface area contributed by atoms with Crippen molar-refractivity contribution in [2.24, 2.45) is 5.92 Å². The van der Waals surface area contributed by atoms with Crippen LogP contribution in [0.5, 0.6) is 0 Å². The summed E-state index contributed by atoms with van der Waals surface area (Å²) in [5, 5.41) is 13.2. The Morgan fingerprint density at radius 2 is 2.05 bits per heavy atom. The fourth-order valence-electron chi connectivity index (χ4n) is 1.87. The zero-order valence-corrected chi connectivity index (χ0v) is 11.1. The second-order valence-electron chi connectivity index (χ2n) is 4.93. The number of hydrogen-bond donors (Lipinski definition) is 1. The first-order valence-electron chi connectivity index (χ1n) is 6.06. The molecule has 1 unspecified atom stereocenters. The lowest BCUT2D eigenvalue weighted by Gasteiger charge is -2.16. The van der Waals surface area contributed by atoms with Crippen LogP contribution in [-0.2, 0) is 0 Å². The molecule has 0 radical (unpaired) electrons. The Morgan fingerprint density at radius 3 is 2.58 bits per heavy atom. The van der Waals surface area contributed by atoms with Gasteiger partial charge in [0.25, 0.3) is 11.6 Å². The first-order chi connectivity index (χ1) is 8.81. The second-order valence-corrected chi connectivity index (χ2v) is 4.93. The van der Waals surface area contributed by atoms with Crippen molar-refractivity contribution < 1.29 is 14.1 Å². The Hall–Kier alpha value is -1.98. The largest absolute Gasteiger partial charge is 0.349 e. The summed E-state index contributed by atoms with van der Waals surface area (Å²) < 4.78 is 13.5. The van der Waals surface area contributed by atoms with Crippen LogP contribution in [0, 0.1) is 21.8 Å². The molecule has 0 aliphatic rings. The molecule has 0 saturated carbocycles. The fraction of sp³-hybridized carbons (Fsp3) is 0.462. The molecule has 6 heteroatoms. The molecule has 1 rings (SSSR count). The lowest BCUT2D eigenvalue weighted by molar-refractivity contribution is -0.384. The third-order valence-electron chi connectivity index (χ3n) is 2.61. The monoisotopic (exact) mass is 268 g/mol. The van der Waals surface area contributed by atoms with E-state index in [1.165, 1.54) is 0 Å². The number of non-ortho nitro benzene ring substituents is 1. The highest BCUT2D eigenvalue weighted by atomic mass is 19.1. The smallest absolute Gasteiger partial charge is 0.270 e. The minimum Gasteiger partial charge on any atom is -0.349 e. The molecule has 0 aliphatic heterocycles. The zero-order valence-electron chi connectivity index (χ0n) is 11.1. The molecule has 104 valence electrons. The second kappa shape index (κ2) is 6.26. The van der Waals surface area contributed by atoms with Crippen molar-refractivity contribution in [1.29, 1.82) is 0 Å². The molecule has 0 bridgehead atoms. The summed E-state index contributed by atoms with van der Waals surface area (Å²) in [5.41, 5.74) is -0.604. The number of carbonyl (C=O) groups is 1. The zero-order chi connectivity index (χ0) is 14.6. The van der Waals surface area contributed by atoms with Gasteiger partial charge in [-0.3, -0.25) is 14.9 Å². The van der Waals surface area contributed by atoms with E-state index in [0.717, 1.165) is 24.6 Å². The van der Waals surface area contributed by atoms with E-state index < -0.39 is 16.6 Å². The number of amides is 1. The number of halogens is 1. The van der Waals surface area contributed by atoms with Gasteiger partial charge in [0.05, 0.1) is 10.5 Å². The number of carbonyl (C=O) groups excluding carboxylic acids is 1. The molecule has 0 aliphatic carbocycles. The number of rotatable bonds is 5. The predicted molar refractivity (Wildman–Crippen MR) is 69.4 cm³/mol. The average Bonchev–Trinajstić information content (AvgIpc) is 2.27. The van der Waals surface area contributed by atoms with Crippen molar-refractivity contribution in [3.05, 3.63) is 39.7 Å². The molecular weight excluding hydrogens is 251 g/mol. The topological polar surface area (TPSA) is 72.2 Å². The van der Waals surface area contributed by atoms with Gasteiger partial charge in [0.1, 0.15) is 5.82 Å². The molecule has 1 aromatic carbocycles. The SMILES string of the molecule is CC(C)CC(C)NC(=O)c1cc([N+](=O)[O-])ccc1F. The first kappa shape index (κ1) is 15.1. The van der Waals surface area contributed by atoms with E-state index in [1.54, 1.807) is 0 Å². The van der Waals surface area contributed by atoms with E-state index in [0.29, 0.717) is 5.92 Å². The quantitative estimate of drug-likeness (QED) is 0.659. The highest BCUT2D eigenvalue weighted by Crippen LogP contribution is 2.17. The molecule has 0 fully saturated rings. The number of nitro benzene ring substituents is 1. The van der Waals surface area contributed by atoms with Crippen molar-refractivity contribution in [3.8, 4) is 0 Å². The Bertz CT molecular complexity index is 489. The number of nitrogens with zero attached hydrogens (tertiary/aromatic N) is 1. The summed E-state index contributed by atoms with van der Waals surface area (Å²) in [6.45, 7) is 5.83. The maximum atomic E-state index is 13.5. The van der Waals surface area contributed by atoms with Gasteiger partial charge in [0.2, 0.25) is 0 Å². The third kappa shape index (κ3) is 4.31. The van der Waals surface area contributed by atoms with Gasteiger partial charge in [-0.15, -0.1) is 0 Å². The van der Waals surface area contributed by atoms with Crippen molar-refractivity contribution in [2.75, 3.05) is 0 Å². The third-order valence-corrected chi connectivity index (χ3v) is 2.61. The molecule has 19 heavy (non-hydrogen) atoms. The van der Waals surface area contributed by atoms with Gasteiger partial charge in [-0.25, -0.2) is 4.39 Å². The summed E-state index contributed by atoms with van der Waals surface area (Å²) in [5.74, 6) is -1.00. The molecule has 0 spiro atoms. The Balaban J connectivity index is 2.87. The van der Waals surface area contributed by atoms with E-state index in [4.69, 9.17) is 0 Å². The van der Waals surface area contributed by atoms with E-state index >= 15 is 0 Å². The average molecular weight is 268 g/mol. The minimum atomic E-state index is -0.764. The van der Waals surface area contributed by atoms with Crippen molar-refractivity contribution in [3.63, 3.8) is 0 Å². The van der Waals surface area contributed by atoms with Gasteiger partial charge in [-0.1, -0.05) is 13.8 Å². The van der Waals surface area contributed by atoms with Gasteiger partial charge in [-0.2, -0.15) is 0 Å². The normalized spacial score (nSPS) is 12.3. The van der Waals surface area contributed by atoms with Gasteiger partial charge >= 0.3 is 0 Å². The molecule has 0 aromatic heterocycles. The Morgan fingerprint density at radius 1 is 1.42 bits per heavy atom. The number of hydrogen-bond acceptors (Lipinski definition) is 3. The lowest BCUT2D eigenvalue weighted by atomic mass is 10.0. The molecule has 1 atom stereocenters. The van der Waals surface area contributed by atoms with Crippen LogP contribution in [0.3, 0.4) is 0 Å². The summed E-state index contributed by atoms with van der Waals surface area (Å²) in [7, 11) is 0. The number of nitrogens with one attached hydrogen (secondary N) is 1. The van der Waals surface area contributed by atoms with Crippen LogP contribution in [0.4, 0.5) is 10.1 Å². The van der Waals surface area contributed by atoms with Crippen LogP contribution in [0.15, 0.2) is 18.2 Å². The van der Waals surface area contributed by atoms with Gasteiger partial charge in [0, 0.05) is 18.2 Å². The first-order valence-corrected chi connectivity index (χ1v) is 6.06. The van der Waals surface area contributed by atoms with Crippen molar-refractivity contribution in [2.45, 2.75) is 33.2 Å². The van der Waals surface area contributed by atoms with E-state index in [9.17, 15) is 19.3 Å². The van der Waals surface area contributed by atoms with Crippen LogP contribution >= 0.6 is 0 Å². The van der Waals surface area contributed by atoms with Crippen LogP contribution < -0.4 is 5.32 Å². The molecular formula is C13H17FN2O3. The van der Waals surface area contributed by atoms with Crippen LogP contribution in [0.2, 0.25) is 0 Å². The van der Waals surface area contributed by atoms with Crippen LogP contribution in [0.1, 0.15) is 37.6 Å². The lowest BCUT2D eigenvalue weighted by Crippen LogP contribution is -2.34. The van der Waals surface area contributed by atoms with E-state index in [-0.39, 0.29) is 17.3 Å². The predicted octanol–water partition coefficient (Wildman–Crippen LogP) is 2.90. The highest BCUT2D eigenvalue weighted by Gasteiger charge is 2.18. The molecule has 1 N–H and O–H groups in total. The maximum Gasteiger partial charge on any atom is 0.270 e. The number of benzene rings is 1. The molecule has 1 aromatic rings. The Kier molecular flexibility index (Phi) is 4.97. The van der Waals surface area contributed by atoms with Gasteiger partial charge in [-0.05, 0) is 25.3 Å². The molecule has 0 heterocycles. The van der Waals surface area contributed by atoms with Gasteiger partial charge in [0.15, 0.2) is 0 Å². The summed E-state index contributed by atoms with van der Waals surface area (Å²) in [6, 6.07) is 2.79. The molecule has 0 saturated heterocycles. The molecule has 5 nitrogen and oxygen atoms in total. The Labute approximate surface area is 111 Å². The van der Waals surface area contributed by atoms with Crippen LogP contribution in [0.25, 0.3) is 0 Å². The fourth-order valence-corrected chi connectivity index (χ4v) is 1.87. The van der Waals surface area contributed by atoms with Gasteiger partial charge < -0.3 is 5.32 Å². The highest BCUT2D eigenvalue weighted by molar-refractivity contribution is 5.95. The maximum absolute atomic E-state index is 13.5.